The summed E-state index contributed by atoms with van der Waals surface area (Å²) in [7, 11) is 0. The van der Waals surface area contributed by atoms with Crippen LogP contribution in [-0.4, -0.2) is 25.3 Å². The van der Waals surface area contributed by atoms with Gasteiger partial charge in [0.2, 0.25) is 5.13 Å². The number of aromatic hydroxyl groups is 1. The first-order valence-electron chi connectivity index (χ1n) is 12.3. The first kappa shape index (κ1) is 22.3. The zero-order chi connectivity index (χ0) is 25.5. The number of hydrogen-bond acceptors (Lipinski definition) is 5. The summed E-state index contributed by atoms with van der Waals surface area (Å²) in [6.45, 7) is 0. The highest BCUT2D eigenvalue weighted by Gasteiger charge is 2.23. The lowest BCUT2D eigenvalue weighted by Crippen LogP contribution is -2.02. The standard InChI is InChI=1S/C31H23N5OS/c37-22-7-5-6-21(16-22)34-31-36-35-30(38-31)20-14-12-19(13-15-20)29(25-17-32-27-10-3-1-8-23(25)27)26-18-33-28-11-4-2-9-24(26)28/h1-18,29,32-33,37H,(H,34,36). The van der Waals surface area contributed by atoms with Crippen LogP contribution in [0.4, 0.5) is 10.8 Å². The van der Waals surface area contributed by atoms with Gasteiger partial charge >= 0.3 is 0 Å². The molecule has 0 aliphatic carbocycles. The van der Waals surface area contributed by atoms with Crippen molar-refractivity contribution in [2.24, 2.45) is 0 Å². The van der Waals surface area contributed by atoms with Gasteiger partial charge in [0, 0.05) is 57.4 Å². The number of para-hydroxylation sites is 2. The van der Waals surface area contributed by atoms with E-state index < -0.39 is 0 Å². The number of phenolic OH excluding ortho intramolecular Hbond substituents is 1. The highest BCUT2D eigenvalue weighted by Crippen LogP contribution is 2.40. The van der Waals surface area contributed by atoms with Gasteiger partial charge in [-0.25, -0.2) is 0 Å². The van der Waals surface area contributed by atoms with Crippen molar-refractivity contribution in [1.29, 1.82) is 0 Å². The second-order valence-electron chi connectivity index (χ2n) is 9.22. The van der Waals surface area contributed by atoms with Crippen LogP contribution in [0.2, 0.25) is 0 Å². The lowest BCUT2D eigenvalue weighted by molar-refractivity contribution is 0.475. The molecule has 4 aromatic carbocycles. The fourth-order valence-electron chi connectivity index (χ4n) is 5.11. The van der Waals surface area contributed by atoms with Crippen LogP contribution in [-0.2, 0) is 0 Å². The van der Waals surface area contributed by atoms with Crippen molar-refractivity contribution in [2.75, 3.05) is 5.32 Å². The van der Waals surface area contributed by atoms with Crippen molar-refractivity contribution >= 4 is 44.0 Å². The van der Waals surface area contributed by atoms with E-state index >= 15 is 0 Å². The minimum Gasteiger partial charge on any atom is -0.508 e. The largest absolute Gasteiger partial charge is 0.508 e. The summed E-state index contributed by atoms with van der Waals surface area (Å²) in [4.78, 5) is 6.92. The van der Waals surface area contributed by atoms with Gasteiger partial charge in [-0.3, -0.25) is 0 Å². The highest BCUT2D eigenvalue weighted by atomic mass is 32.1. The van der Waals surface area contributed by atoms with Crippen LogP contribution in [0.5, 0.6) is 5.75 Å². The van der Waals surface area contributed by atoms with Crippen LogP contribution in [0.15, 0.2) is 109 Å². The number of anilines is 2. The number of nitrogens with zero attached hydrogens (tertiary/aromatic N) is 2. The molecule has 4 N–H and O–H groups in total. The molecular formula is C31H23N5OS. The van der Waals surface area contributed by atoms with Crippen LogP contribution in [0.3, 0.4) is 0 Å². The van der Waals surface area contributed by atoms with Gasteiger partial charge in [-0.05, 0) is 41.0 Å². The van der Waals surface area contributed by atoms with Crippen LogP contribution >= 0.6 is 11.3 Å². The molecule has 0 unspecified atom stereocenters. The van der Waals surface area contributed by atoms with Gasteiger partial charge in [0.15, 0.2) is 0 Å². The predicted octanol–water partition coefficient (Wildman–Crippen LogP) is 7.80. The average molecular weight is 514 g/mol. The average Bonchev–Trinajstić information content (AvgIpc) is 3.69. The van der Waals surface area contributed by atoms with Crippen molar-refractivity contribution in [1.82, 2.24) is 20.2 Å². The highest BCUT2D eigenvalue weighted by molar-refractivity contribution is 7.18. The Hall–Kier alpha value is -4.88. The molecule has 3 heterocycles. The van der Waals surface area contributed by atoms with Crippen molar-refractivity contribution in [2.45, 2.75) is 5.92 Å². The van der Waals surface area contributed by atoms with Gasteiger partial charge in [-0.2, -0.15) is 0 Å². The third-order valence-corrected chi connectivity index (χ3v) is 7.77. The molecule has 7 aromatic rings. The van der Waals surface area contributed by atoms with E-state index in [4.69, 9.17) is 0 Å². The van der Waals surface area contributed by atoms with Gasteiger partial charge in [0.05, 0.1) is 0 Å². The second-order valence-corrected chi connectivity index (χ2v) is 10.2. The summed E-state index contributed by atoms with van der Waals surface area (Å²) in [5, 5.41) is 25.6. The van der Waals surface area contributed by atoms with Crippen LogP contribution in [0.25, 0.3) is 32.4 Å². The lowest BCUT2D eigenvalue weighted by atomic mass is 9.84. The van der Waals surface area contributed by atoms with Gasteiger partial charge in [0.25, 0.3) is 0 Å². The van der Waals surface area contributed by atoms with Crippen molar-refractivity contribution < 1.29 is 5.11 Å². The summed E-state index contributed by atoms with van der Waals surface area (Å²) in [6.07, 6.45) is 4.27. The maximum absolute atomic E-state index is 9.72. The number of phenols is 1. The molecular weight excluding hydrogens is 490 g/mol. The topological polar surface area (TPSA) is 89.6 Å². The third-order valence-electron chi connectivity index (χ3n) is 6.88. The molecule has 0 bridgehead atoms. The Balaban J connectivity index is 1.26. The zero-order valence-corrected chi connectivity index (χ0v) is 21.0. The van der Waals surface area contributed by atoms with Crippen LogP contribution < -0.4 is 5.32 Å². The van der Waals surface area contributed by atoms with E-state index in [1.807, 2.05) is 6.07 Å². The normalized spacial score (nSPS) is 11.5. The number of fused-ring (bicyclic) bond motifs is 2. The number of H-pyrrole nitrogens is 2. The Bertz CT molecular complexity index is 1810. The number of aromatic nitrogens is 4. The molecule has 0 aliphatic rings. The molecule has 0 saturated heterocycles. The SMILES string of the molecule is Oc1cccc(Nc2nnc(-c3ccc(C(c4c[nH]c5ccccc45)c4c[nH]c5ccccc45)cc3)s2)c1. The van der Waals surface area contributed by atoms with E-state index in [1.54, 1.807) is 18.2 Å². The summed E-state index contributed by atoms with van der Waals surface area (Å²) in [6, 6.07) is 32.5. The van der Waals surface area contributed by atoms with Crippen molar-refractivity contribution in [3.8, 4) is 16.3 Å². The summed E-state index contributed by atoms with van der Waals surface area (Å²) in [5.41, 5.74) is 7.72. The lowest BCUT2D eigenvalue weighted by Gasteiger charge is -2.18. The van der Waals surface area contributed by atoms with E-state index in [9.17, 15) is 5.11 Å². The van der Waals surface area contributed by atoms with Crippen molar-refractivity contribution in [3.63, 3.8) is 0 Å². The molecule has 6 nitrogen and oxygen atoms in total. The second kappa shape index (κ2) is 9.21. The Morgan fingerprint density at radius 2 is 1.37 bits per heavy atom. The molecule has 7 heteroatoms. The van der Waals surface area contributed by atoms with E-state index in [1.165, 1.54) is 38.8 Å². The summed E-state index contributed by atoms with van der Waals surface area (Å²) in [5.74, 6) is 0.254. The predicted molar refractivity (Wildman–Crippen MR) is 154 cm³/mol. The van der Waals surface area contributed by atoms with Crippen molar-refractivity contribution in [3.05, 3.63) is 126 Å². The molecule has 0 radical (unpaired) electrons. The summed E-state index contributed by atoms with van der Waals surface area (Å²) < 4.78 is 0. The maximum Gasteiger partial charge on any atom is 0.210 e. The molecule has 0 spiro atoms. The van der Waals surface area contributed by atoms with E-state index in [2.05, 4.69) is 111 Å². The van der Waals surface area contributed by atoms with Gasteiger partial charge in [0.1, 0.15) is 10.8 Å². The van der Waals surface area contributed by atoms with E-state index in [0.29, 0.717) is 5.13 Å². The molecule has 0 aliphatic heterocycles. The minimum atomic E-state index is 0.0498. The fourth-order valence-corrected chi connectivity index (χ4v) is 5.88. The zero-order valence-electron chi connectivity index (χ0n) is 20.2. The van der Waals surface area contributed by atoms with E-state index in [-0.39, 0.29) is 11.7 Å². The smallest absolute Gasteiger partial charge is 0.210 e. The van der Waals surface area contributed by atoms with Crippen LogP contribution in [0.1, 0.15) is 22.6 Å². The number of rotatable bonds is 6. The van der Waals surface area contributed by atoms with Gasteiger partial charge in [-0.1, -0.05) is 78.1 Å². The van der Waals surface area contributed by atoms with Crippen LogP contribution in [0, 0.1) is 0 Å². The Morgan fingerprint density at radius 1 is 0.711 bits per heavy atom. The maximum atomic E-state index is 9.72. The molecule has 3 aromatic heterocycles. The number of hydrogen-bond donors (Lipinski definition) is 4. The number of nitrogens with one attached hydrogen (secondary N) is 3. The first-order valence-corrected chi connectivity index (χ1v) is 13.2. The third kappa shape index (κ3) is 3.99. The molecule has 0 saturated carbocycles. The fraction of sp³-hybridized carbons (Fsp3) is 0.0323. The first-order chi connectivity index (χ1) is 18.7. The van der Waals surface area contributed by atoms with Gasteiger partial charge < -0.3 is 20.4 Å². The quantitative estimate of drug-likeness (QED) is 0.183. The molecule has 0 fully saturated rings. The van der Waals surface area contributed by atoms with Gasteiger partial charge in [-0.15, -0.1) is 10.2 Å². The summed E-state index contributed by atoms with van der Waals surface area (Å²) >= 11 is 1.48. The number of aromatic amines is 2. The molecule has 38 heavy (non-hydrogen) atoms. The Labute approximate surface area is 222 Å². The minimum absolute atomic E-state index is 0.0498. The number of benzene rings is 4. The Kier molecular flexibility index (Phi) is 5.41. The monoisotopic (exact) mass is 513 g/mol. The Morgan fingerprint density at radius 3 is 2.03 bits per heavy atom. The van der Waals surface area contributed by atoms with E-state index in [0.717, 1.165) is 27.3 Å². The molecule has 184 valence electrons. The molecule has 0 amide bonds. The molecule has 0 atom stereocenters. The molecule has 7 rings (SSSR count).